The van der Waals surface area contributed by atoms with Crippen molar-refractivity contribution >= 4 is 41.0 Å². The predicted molar refractivity (Wildman–Crippen MR) is 102 cm³/mol. The summed E-state index contributed by atoms with van der Waals surface area (Å²) in [4.78, 5) is 24.6. The van der Waals surface area contributed by atoms with Gasteiger partial charge in [0.1, 0.15) is 11.4 Å². The first-order valence-corrected chi connectivity index (χ1v) is 8.23. The van der Waals surface area contributed by atoms with Crippen molar-refractivity contribution < 1.29 is 19.4 Å². The van der Waals surface area contributed by atoms with Gasteiger partial charge in [0.15, 0.2) is 11.7 Å². The number of nitrogens with one attached hydrogen (secondary N) is 1. The number of rotatable bonds is 5. The number of hydrogen-bond acceptors (Lipinski definition) is 4. The van der Waals surface area contributed by atoms with Crippen LogP contribution in [0.5, 0.6) is 5.75 Å². The van der Waals surface area contributed by atoms with Crippen molar-refractivity contribution in [1.29, 1.82) is 0 Å². The number of nitrogens with zero attached hydrogens (tertiary/aromatic N) is 1. The first-order chi connectivity index (χ1) is 12.4. The van der Waals surface area contributed by atoms with Gasteiger partial charge in [0, 0.05) is 0 Å². The van der Waals surface area contributed by atoms with E-state index < -0.39 is 12.6 Å². The van der Waals surface area contributed by atoms with E-state index in [0.29, 0.717) is 22.2 Å². The SMILES string of the molecule is Cc1ccc(N2C(=O)/C(=C\c3ccc(OCC(=O)O)cc3)NC2=S)cc1. The van der Waals surface area contributed by atoms with Gasteiger partial charge in [-0.05, 0) is 55.0 Å². The van der Waals surface area contributed by atoms with E-state index in [2.05, 4.69) is 5.32 Å². The fourth-order valence-electron chi connectivity index (χ4n) is 2.44. The molecule has 1 aliphatic heterocycles. The first kappa shape index (κ1) is 17.6. The topological polar surface area (TPSA) is 78.9 Å². The van der Waals surface area contributed by atoms with E-state index >= 15 is 0 Å². The third-order valence-electron chi connectivity index (χ3n) is 3.72. The molecule has 2 aromatic carbocycles. The Morgan fingerprint density at radius 1 is 1.19 bits per heavy atom. The van der Waals surface area contributed by atoms with Crippen LogP contribution < -0.4 is 15.0 Å². The lowest BCUT2D eigenvalue weighted by Crippen LogP contribution is -2.30. The standard InChI is InChI=1S/C19H16N2O4S/c1-12-2-6-14(7-3-12)21-18(24)16(20-19(21)26)10-13-4-8-15(9-5-13)25-11-17(22)23/h2-10H,11H2,1H3,(H,20,26)(H,22,23)/b16-10+. The molecule has 26 heavy (non-hydrogen) atoms. The maximum absolute atomic E-state index is 12.7. The molecule has 0 spiro atoms. The number of anilines is 1. The largest absolute Gasteiger partial charge is 0.482 e. The molecule has 7 heteroatoms. The Morgan fingerprint density at radius 3 is 2.46 bits per heavy atom. The van der Waals surface area contributed by atoms with Crippen molar-refractivity contribution in [3.63, 3.8) is 0 Å². The normalized spacial score (nSPS) is 15.3. The summed E-state index contributed by atoms with van der Waals surface area (Å²) in [6.45, 7) is 1.57. The second kappa shape index (κ2) is 7.37. The second-order valence-electron chi connectivity index (χ2n) is 5.72. The van der Waals surface area contributed by atoms with Crippen LogP contribution in [-0.2, 0) is 9.59 Å². The predicted octanol–water partition coefficient (Wildman–Crippen LogP) is 2.72. The van der Waals surface area contributed by atoms with E-state index in [-0.39, 0.29) is 5.91 Å². The van der Waals surface area contributed by atoms with E-state index in [4.69, 9.17) is 22.1 Å². The van der Waals surface area contributed by atoms with Crippen LogP contribution in [0, 0.1) is 6.92 Å². The highest BCUT2D eigenvalue weighted by atomic mass is 32.1. The number of carboxylic acids is 1. The highest BCUT2D eigenvalue weighted by Gasteiger charge is 2.31. The van der Waals surface area contributed by atoms with E-state index in [1.165, 1.54) is 4.90 Å². The minimum atomic E-state index is -1.04. The zero-order chi connectivity index (χ0) is 18.7. The summed E-state index contributed by atoms with van der Waals surface area (Å²) < 4.78 is 5.08. The zero-order valence-electron chi connectivity index (χ0n) is 13.9. The molecule has 0 aliphatic carbocycles. The van der Waals surface area contributed by atoms with Crippen molar-refractivity contribution in [3.05, 3.63) is 65.4 Å². The molecule has 2 aromatic rings. The van der Waals surface area contributed by atoms with Crippen LogP contribution in [-0.4, -0.2) is 28.7 Å². The van der Waals surface area contributed by atoms with Gasteiger partial charge in [0.25, 0.3) is 5.91 Å². The first-order valence-electron chi connectivity index (χ1n) is 7.82. The highest BCUT2D eigenvalue weighted by Crippen LogP contribution is 2.23. The number of amides is 1. The van der Waals surface area contributed by atoms with Crippen molar-refractivity contribution in [2.24, 2.45) is 0 Å². The molecule has 1 heterocycles. The van der Waals surface area contributed by atoms with Gasteiger partial charge < -0.3 is 15.2 Å². The molecule has 0 atom stereocenters. The molecular formula is C19H16N2O4S. The van der Waals surface area contributed by atoms with Crippen LogP contribution in [0.15, 0.2) is 54.2 Å². The number of aliphatic carboxylic acids is 1. The fraction of sp³-hybridized carbons (Fsp3) is 0.105. The summed E-state index contributed by atoms with van der Waals surface area (Å²) in [5, 5.41) is 11.9. The lowest BCUT2D eigenvalue weighted by Gasteiger charge is -2.13. The lowest BCUT2D eigenvalue weighted by molar-refractivity contribution is -0.139. The van der Waals surface area contributed by atoms with E-state index in [9.17, 15) is 9.59 Å². The lowest BCUT2D eigenvalue weighted by atomic mass is 10.1. The van der Waals surface area contributed by atoms with Crippen LogP contribution in [0.2, 0.25) is 0 Å². The van der Waals surface area contributed by atoms with Crippen molar-refractivity contribution in [2.45, 2.75) is 6.92 Å². The maximum atomic E-state index is 12.7. The smallest absolute Gasteiger partial charge is 0.341 e. The van der Waals surface area contributed by atoms with Gasteiger partial charge in [0.05, 0.1) is 5.69 Å². The highest BCUT2D eigenvalue weighted by molar-refractivity contribution is 7.80. The number of ether oxygens (including phenoxy) is 1. The molecule has 6 nitrogen and oxygen atoms in total. The van der Waals surface area contributed by atoms with Gasteiger partial charge in [0.2, 0.25) is 0 Å². The van der Waals surface area contributed by atoms with Gasteiger partial charge in [-0.15, -0.1) is 0 Å². The summed E-state index contributed by atoms with van der Waals surface area (Å²) in [6.07, 6.45) is 1.68. The number of aryl methyl sites for hydroxylation is 1. The average molecular weight is 368 g/mol. The monoisotopic (exact) mass is 368 g/mol. The van der Waals surface area contributed by atoms with Crippen molar-refractivity contribution in [3.8, 4) is 5.75 Å². The molecular weight excluding hydrogens is 352 g/mol. The summed E-state index contributed by atoms with van der Waals surface area (Å²) in [5.74, 6) is -0.830. The molecule has 132 valence electrons. The van der Waals surface area contributed by atoms with E-state index in [1.54, 1.807) is 30.3 Å². The number of thiocarbonyl (C=S) groups is 1. The Kier molecular flexibility index (Phi) is 4.99. The van der Waals surface area contributed by atoms with Crippen LogP contribution in [0.25, 0.3) is 6.08 Å². The van der Waals surface area contributed by atoms with Crippen LogP contribution in [0.1, 0.15) is 11.1 Å². The Balaban J connectivity index is 1.77. The van der Waals surface area contributed by atoms with Crippen LogP contribution >= 0.6 is 12.2 Å². The number of carbonyl (C=O) groups excluding carboxylic acids is 1. The number of hydrogen-bond donors (Lipinski definition) is 2. The molecule has 1 amide bonds. The van der Waals surface area contributed by atoms with E-state index in [0.717, 1.165) is 11.1 Å². The fourth-order valence-corrected chi connectivity index (χ4v) is 2.73. The molecule has 0 radical (unpaired) electrons. The molecule has 1 saturated heterocycles. The van der Waals surface area contributed by atoms with Gasteiger partial charge in [-0.2, -0.15) is 0 Å². The van der Waals surface area contributed by atoms with Crippen molar-refractivity contribution in [2.75, 3.05) is 11.5 Å². The molecule has 0 bridgehead atoms. The third kappa shape index (κ3) is 3.89. The van der Waals surface area contributed by atoms with Gasteiger partial charge in [-0.3, -0.25) is 9.69 Å². The van der Waals surface area contributed by atoms with Crippen molar-refractivity contribution in [1.82, 2.24) is 5.32 Å². The minimum Gasteiger partial charge on any atom is -0.482 e. The summed E-state index contributed by atoms with van der Waals surface area (Å²) in [7, 11) is 0. The van der Waals surface area contributed by atoms with E-state index in [1.807, 2.05) is 31.2 Å². The summed E-state index contributed by atoms with van der Waals surface area (Å²) in [6, 6.07) is 14.3. The molecule has 2 N–H and O–H groups in total. The number of benzene rings is 2. The Labute approximate surface area is 155 Å². The van der Waals surface area contributed by atoms with Crippen LogP contribution in [0.3, 0.4) is 0 Å². The Bertz CT molecular complexity index is 889. The van der Waals surface area contributed by atoms with Gasteiger partial charge in [-0.1, -0.05) is 29.8 Å². The Morgan fingerprint density at radius 2 is 1.85 bits per heavy atom. The maximum Gasteiger partial charge on any atom is 0.341 e. The molecule has 0 unspecified atom stereocenters. The molecule has 1 aliphatic rings. The van der Waals surface area contributed by atoms with Crippen LogP contribution in [0.4, 0.5) is 5.69 Å². The molecule has 1 fully saturated rings. The number of carbonyl (C=O) groups is 2. The van der Waals surface area contributed by atoms with Gasteiger partial charge in [-0.25, -0.2) is 4.79 Å². The quantitative estimate of drug-likeness (QED) is 0.624. The summed E-state index contributed by atoms with van der Waals surface area (Å²) >= 11 is 5.28. The summed E-state index contributed by atoms with van der Waals surface area (Å²) in [5.41, 5.74) is 2.94. The average Bonchev–Trinajstić information content (AvgIpc) is 2.89. The molecule has 3 rings (SSSR count). The third-order valence-corrected chi connectivity index (χ3v) is 4.01. The number of carboxylic acid groups (broad SMARTS) is 1. The Hall–Kier alpha value is -3.19. The van der Waals surface area contributed by atoms with Gasteiger partial charge >= 0.3 is 5.97 Å². The molecule has 0 aromatic heterocycles. The zero-order valence-corrected chi connectivity index (χ0v) is 14.7. The second-order valence-corrected chi connectivity index (χ2v) is 6.10. The molecule has 0 saturated carbocycles. The minimum absolute atomic E-state index is 0.231.